The van der Waals surface area contributed by atoms with Crippen molar-refractivity contribution in [3.8, 4) is 34.0 Å². The zero-order chi connectivity index (χ0) is 26.5. The Hall–Kier alpha value is -4.45. The van der Waals surface area contributed by atoms with Crippen LogP contribution in [0.2, 0.25) is 10.0 Å². The highest BCUT2D eigenvalue weighted by molar-refractivity contribution is 6.34. The smallest absolute Gasteiger partial charge is 0.345 e. The lowest BCUT2D eigenvalue weighted by Gasteiger charge is -2.09. The maximum Gasteiger partial charge on any atom is 0.345 e. The van der Waals surface area contributed by atoms with Crippen molar-refractivity contribution in [3.63, 3.8) is 0 Å². The van der Waals surface area contributed by atoms with Crippen LogP contribution in [0.1, 0.15) is 20.7 Å². The van der Waals surface area contributed by atoms with Crippen LogP contribution in [0.25, 0.3) is 22.5 Å². The number of rotatable bonds is 6. The third-order valence-electron chi connectivity index (χ3n) is 5.66. The van der Waals surface area contributed by atoms with Gasteiger partial charge < -0.3 is 9.47 Å². The van der Waals surface area contributed by atoms with Crippen molar-refractivity contribution in [1.82, 2.24) is 4.98 Å². The van der Waals surface area contributed by atoms with Gasteiger partial charge in [-0.3, -0.25) is 0 Å². The SMILES string of the molecule is O=C(Oc1ccc(-c2cccc(-c3ccc(OC(=O)c4ccccc4Cl)cc3)n2)cc1)c1ccccc1Cl. The van der Waals surface area contributed by atoms with Crippen molar-refractivity contribution < 1.29 is 19.1 Å². The predicted molar refractivity (Wildman–Crippen MR) is 148 cm³/mol. The fraction of sp³-hybridized carbons (Fsp3) is 0. The number of carbonyl (C=O) groups excluding carboxylic acids is 2. The molecule has 0 aliphatic rings. The van der Waals surface area contributed by atoms with E-state index in [1.807, 2.05) is 42.5 Å². The van der Waals surface area contributed by atoms with Crippen LogP contribution in [0.15, 0.2) is 115 Å². The lowest BCUT2D eigenvalue weighted by Crippen LogP contribution is -2.08. The van der Waals surface area contributed by atoms with Crippen molar-refractivity contribution >= 4 is 35.1 Å². The van der Waals surface area contributed by atoms with E-state index >= 15 is 0 Å². The zero-order valence-corrected chi connectivity index (χ0v) is 21.3. The summed E-state index contributed by atoms with van der Waals surface area (Å²) in [7, 11) is 0. The van der Waals surface area contributed by atoms with Crippen LogP contribution in [0.3, 0.4) is 0 Å². The molecule has 0 bridgehead atoms. The predicted octanol–water partition coefficient (Wildman–Crippen LogP) is 8.16. The van der Waals surface area contributed by atoms with Gasteiger partial charge in [-0.1, -0.05) is 53.5 Å². The van der Waals surface area contributed by atoms with E-state index in [1.54, 1.807) is 72.8 Å². The van der Waals surface area contributed by atoms with Gasteiger partial charge >= 0.3 is 11.9 Å². The molecule has 5 aromatic rings. The average molecular weight is 540 g/mol. The first-order valence-corrected chi connectivity index (χ1v) is 12.3. The summed E-state index contributed by atoms with van der Waals surface area (Å²) in [4.78, 5) is 29.6. The second kappa shape index (κ2) is 11.3. The van der Waals surface area contributed by atoms with E-state index in [-0.39, 0.29) is 0 Å². The maximum absolute atomic E-state index is 12.4. The number of carbonyl (C=O) groups is 2. The molecular weight excluding hydrogens is 521 g/mol. The third kappa shape index (κ3) is 5.75. The summed E-state index contributed by atoms with van der Waals surface area (Å²) < 4.78 is 10.9. The summed E-state index contributed by atoms with van der Waals surface area (Å²) in [6.07, 6.45) is 0. The molecule has 1 heterocycles. The van der Waals surface area contributed by atoms with Crippen molar-refractivity contribution in [2.45, 2.75) is 0 Å². The number of hydrogen-bond acceptors (Lipinski definition) is 5. The highest BCUT2D eigenvalue weighted by Gasteiger charge is 2.14. The van der Waals surface area contributed by atoms with E-state index in [0.29, 0.717) is 32.7 Å². The van der Waals surface area contributed by atoms with Crippen LogP contribution in [0.4, 0.5) is 0 Å². The van der Waals surface area contributed by atoms with Gasteiger partial charge in [-0.05, 0) is 84.9 Å². The Balaban J connectivity index is 1.28. The van der Waals surface area contributed by atoms with Crippen LogP contribution in [-0.4, -0.2) is 16.9 Å². The van der Waals surface area contributed by atoms with Crippen LogP contribution in [0.5, 0.6) is 11.5 Å². The lowest BCUT2D eigenvalue weighted by atomic mass is 10.1. The Labute approximate surface area is 229 Å². The van der Waals surface area contributed by atoms with E-state index in [4.69, 9.17) is 37.7 Å². The number of halogens is 2. The number of pyridine rings is 1. The minimum atomic E-state index is -0.524. The fourth-order valence-corrected chi connectivity index (χ4v) is 4.15. The van der Waals surface area contributed by atoms with E-state index in [9.17, 15) is 9.59 Å². The summed E-state index contributed by atoms with van der Waals surface area (Å²) in [5, 5.41) is 0.670. The molecule has 5 nitrogen and oxygen atoms in total. The summed E-state index contributed by atoms with van der Waals surface area (Å²) in [6.45, 7) is 0. The number of benzene rings is 4. The molecule has 0 fully saturated rings. The molecule has 0 atom stereocenters. The van der Waals surface area contributed by atoms with Crippen LogP contribution in [-0.2, 0) is 0 Å². The number of esters is 2. The molecule has 0 saturated heterocycles. The topological polar surface area (TPSA) is 65.5 Å². The standard InChI is InChI=1S/C31H19Cl2NO4/c32-26-8-3-1-6-24(26)30(35)37-22-16-12-20(13-17-22)28-10-5-11-29(34-28)21-14-18-23(19-15-21)38-31(36)25-7-2-4-9-27(25)33/h1-19H. The van der Waals surface area contributed by atoms with E-state index in [1.165, 1.54) is 0 Å². The minimum Gasteiger partial charge on any atom is -0.423 e. The third-order valence-corrected chi connectivity index (χ3v) is 6.32. The molecule has 0 radical (unpaired) electrons. The summed E-state index contributed by atoms with van der Waals surface area (Å²) >= 11 is 12.2. The molecular formula is C31H19Cl2NO4. The molecule has 38 heavy (non-hydrogen) atoms. The number of aromatic nitrogens is 1. The molecule has 0 saturated carbocycles. The van der Waals surface area contributed by atoms with Gasteiger partial charge in [0.2, 0.25) is 0 Å². The second-order valence-corrected chi connectivity index (χ2v) is 9.01. The second-order valence-electron chi connectivity index (χ2n) is 8.20. The molecule has 5 rings (SSSR count). The van der Waals surface area contributed by atoms with Crippen LogP contribution < -0.4 is 9.47 Å². The first-order chi connectivity index (χ1) is 18.5. The highest BCUT2D eigenvalue weighted by Crippen LogP contribution is 2.27. The summed E-state index contributed by atoms with van der Waals surface area (Å²) in [5.74, 6) is -0.248. The van der Waals surface area contributed by atoms with E-state index in [2.05, 4.69) is 0 Å². The molecule has 0 N–H and O–H groups in total. The summed E-state index contributed by atoms with van der Waals surface area (Å²) in [6, 6.07) is 33.3. The van der Waals surface area contributed by atoms with Gasteiger partial charge in [-0.2, -0.15) is 0 Å². The van der Waals surface area contributed by atoms with Gasteiger partial charge in [-0.25, -0.2) is 14.6 Å². The summed E-state index contributed by atoms with van der Waals surface area (Å²) in [5.41, 5.74) is 3.82. The molecule has 0 spiro atoms. The number of hydrogen-bond donors (Lipinski definition) is 0. The van der Waals surface area contributed by atoms with Gasteiger partial charge in [0, 0.05) is 11.1 Å². The molecule has 0 aliphatic carbocycles. The minimum absolute atomic E-state index is 0.303. The Bertz CT molecular complexity index is 1500. The maximum atomic E-state index is 12.4. The van der Waals surface area contributed by atoms with Crippen LogP contribution in [0, 0.1) is 0 Å². The molecule has 0 unspecified atom stereocenters. The Morgan fingerprint density at radius 2 is 0.895 bits per heavy atom. The molecule has 1 aromatic heterocycles. The Morgan fingerprint density at radius 1 is 0.500 bits per heavy atom. The van der Waals surface area contributed by atoms with Gasteiger partial charge in [0.25, 0.3) is 0 Å². The normalized spacial score (nSPS) is 10.6. The largest absolute Gasteiger partial charge is 0.423 e. The zero-order valence-electron chi connectivity index (χ0n) is 19.8. The Morgan fingerprint density at radius 3 is 1.29 bits per heavy atom. The van der Waals surface area contributed by atoms with E-state index in [0.717, 1.165) is 22.5 Å². The van der Waals surface area contributed by atoms with Crippen molar-refractivity contribution in [3.05, 3.63) is 136 Å². The van der Waals surface area contributed by atoms with Gasteiger partial charge in [0.05, 0.1) is 32.6 Å². The highest BCUT2D eigenvalue weighted by atomic mass is 35.5. The monoisotopic (exact) mass is 539 g/mol. The Kier molecular flexibility index (Phi) is 7.50. The average Bonchev–Trinajstić information content (AvgIpc) is 2.94. The lowest BCUT2D eigenvalue weighted by molar-refractivity contribution is 0.0725. The first-order valence-electron chi connectivity index (χ1n) is 11.6. The molecule has 0 aliphatic heterocycles. The van der Waals surface area contributed by atoms with E-state index < -0.39 is 11.9 Å². The van der Waals surface area contributed by atoms with Crippen molar-refractivity contribution in [1.29, 1.82) is 0 Å². The molecule has 4 aromatic carbocycles. The molecule has 0 amide bonds. The van der Waals surface area contributed by atoms with Gasteiger partial charge in [-0.15, -0.1) is 0 Å². The van der Waals surface area contributed by atoms with Gasteiger partial charge in [0.15, 0.2) is 0 Å². The first kappa shape index (κ1) is 25.2. The number of ether oxygens (including phenoxy) is 2. The molecule has 7 heteroatoms. The van der Waals surface area contributed by atoms with Crippen molar-refractivity contribution in [2.75, 3.05) is 0 Å². The van der Waals surface area contributed by atoms with Crippen molar-refractivity contribution in [2.24, 2.45) is 0 Å². The molecule has 186 valence electrons. The quantitative estimate of drug-likeness (QED) is 0.161. The van der Waals surface area contributed by atoms with Gasteiger partial charge in [0.1, 0.15) is 11.5 Å². The fourth-order valence-electron chi connectivity index (χ4n) is 3.72. The number of nitrogens with zero attached hydrogens (tertiary/aromatic N) is 1. The van der Waals surface area contributed by atoms with Crippen LogP contribution >= 0.6 is 23.2 Å².